The highest BCUT2D eigenvalue weighted by molar-refractivity contribution is 7.99. The second-order valence-corrected chi connectivity index (χ2v) is 6.48. The second kappa shape index (κ2) is 7.25. The molecular formula is C15H21F2NS. The standard InChI is InChI=1S/C15H21F2NS/c1-11-3-2-4-13(9-11)18-7-8-19-15-10-12(16)5-6-14(15)17/h5-6,10-11,13,18H,2-4,7-9H2,1H3. The molecule has 2 rings (SSSR count). The van der Waals surface area contributed by atoms with Crippen LogP contribution in [0, 0.1) is 17.6 Å². The van der Waals surface area contributed by atoms with Gasteiger partial charge in [0.15, 0.2) is 0 Å². The van der Waals surface area contributed by atoms with Gasteiger partial charge in [-0.2, -0.15) is 0 Å². The maximum atomic E-state index is 13.4. The molecule has 0 amide bonds. The van der Waals surface area contributed by atoms with Crippen LogP contribution in [0.1, 0.15) is 32.6 Å². The van der Waals surface area contributed by atoms with E-state index in [1.807, 2.05) is 0 Å². The number of nitrogens with one attached hydrogen (secondary N) is 1. The zero-order valence-corrected chi connectivity index (χ0v) is 12.1. The molecule has 1 saturated carbocycles. The Hall–Kier alpha value is -0.610. The van der Waals surface area contributed by atoms with Crippen molar-refractivity contribution in [3.63, 3.8) is 0 Å². The molecular weight excluding hydrogens is 264 g/mol. The first-order valence-corrected chi connectivity index (χ1v) is 7.95. The Morgan fingerprint density at radius 3 is 2.95 bits per heavy atom. The zero-order chi connectivity index (χ0) is 13.7. The molecule has 19 heavy (non-hydrogen) atoms. The highest BCUT2D eigenvalue weighted by Gasteiger charge is 2.17. The smallest absolute Gasteiger partial charge is 0.136 e. The lowest BCUT2D eigenvalue weighted by Gasteiger charge is -2.27. The minimum absolute atomic E-state index is 0.335. The first-order chi connectivity index (χ1) is 9.15. The predicted molar refractivity (Wildman–Crippen MR) is 76.5 cm³/mol. The summed E-state index contributed by atoms with van der Waals surface area (Å²) in [5.74, 6) is 0.862. The van der Waals surface area contributed by atoms with Gasteiger partial charge in [-0.05, 0) is 37.0 Å². The van der Waals surface area contributed by atoms with Gasteiger partial charge >= 0.3 is 0 Å². The minimum atomic E-state index is -0.377. The Kier molecular flexibility index (Phi) is 5.64. The van der Waals surface area contributed by atoms with Crippen LogP contribution in [0.2, 0.25) is 0 Å². The van der Waals surface area contributed by atoms with Crippen LogP contribution in [0.5, 0.6) is 0 Å². The molecule has 1 aliphatic carbocycles. The van der Waals surface area contributed by atoms with Crippen molar-refractivity contribution in [1.82, 2.24) is 5.32 Å². The van der Waals surface area contributed by atoms with Crippen molar-refractivity contribution < 1.29 is 8.78 Å². The van der Waals surface area contributed by atoms with Crippen LogP contribution >= 0.6 is 11.8 Å². The summed E-state index contributed by atoms with van der Waals surface area (Å²) in [6, 6.07) is 4.21. The average Bonchev–Trinajstić information content (AvgIpc) is 2.39. The molecule has 0 bridgehead atoms. The predicted octanol–water partition coefficient (Wildman–Crippen LogP) is 4.23. The molecule has 1 aliphatic rings. The van der Waals surface area contributed by atoms with Gasteiger partial charge in [0.25, 0.3) is 0 Å². The fraction of sp³-hybridized carbons (Fsp3) is 0.600. The normalized spacial score (nSPS) is 23.5. The van der Waals surface area contributed by atoms with Gasteiger partial charge in [-0.15, -0.1) is 11.8 Å². The van der Waals surface area contributed by atoms with Crippen LogP contribution in [0.3, 0.4) is 0 Å². The van der Waals surface area contributed by atoms with Gasteiger partial charge in [0.2, 0.25) is 0 Å². The monoisotopic (exact) mass is 285 g/mol. The summed E-state index contributed by atoms with van der Waals surface area (Å²) >= 11 is 1.37. The fourth-order valence-electron chi connectivity index (χ4n) is 2.63. The van der Waals surface area contributed by atoms with E-state index in [4.69, 9.17) is 0 Å². The Morgan fingerprint density at radius 2 is 2.16 bits per heavy atom. The molecule has 1 N–H and O–H groups in total. The first kappa shape index (κ1) is 14.8. The van der Waals surface area contributed by atoms with Crippen LogP contribution in [0.15, 0.2) is 23.1 Å². The number of hydrogen-bond acceptors (Lipinski definition) is 2. The van der Waals surface area contributed by atoms with Crippen molar-refractivity contribution in [3.8, 4) is 0 Å². The lowest BCUT2D eigenvalue weighted by Crippen LogP contribution is -2.34. The Morgan fingerprint density at radius 1 is 1.32 bits per heavy atom. The van der Waals surface area contributed by atoms with Crippen molar-refractivity contribution in [3.05, 3.63) is 29.8 Å². The molecule has 0 aliphatic heterocycles. The van der Waals surface area contributed by atoms with Crippen LogP contribution in [0.25, 0.3) is 0 Å². The second-order valence-electron chi connectivity index (χ2n) is 5.35. The third-order valence-electron chi connectivity index (χ3n) is 3.62. The Labute approximate surface area is 118 Å². The van der Waals surface area contributed by atoms with Crippen molar-refractivity contribution in [2.75, 3.05) is 12.3 Å². The number of hydrogen-bond donors (Lipinski definition) is 1. The van der Waals surface area contributed by atoms with E-state index in [2.05, 4.69) is 12.2 Å². The SMILES string of the molecule is CC1CCCC(NCCSc2cc(F)ccc2F)C1. The molecule has 0 spiro atoms. The first-order valence-electron chi connectivity index (χ1n) is 6.96. The van der Waals surface area contributed by atoms with Gasteiger partial charge in [-0.25, -0.2) is 8.78 Å². The number of rotatable bonds is 5. The maximum absolute atomic E-state index is 13.4. The van der Waals surface area contributed by atoms with Gasteiger partial charge in [-0.1, -0.05) is 19.8 Å². The lowest BCUT2D eigenvalue weighted by molar-refractivity contribution is 0.306. The Bertz CT molecular complexity index is 411. The summed E-state index contributed by atoms with van der Waals surface area (Å²) in [6.07, 6.45) is 5.11. The molecule has 1 nitrogen and oxygen atoms in total. The van der Waals surface area contributed by atoms with Crippen molar-refractivity contribution in [1.29, 1.82) is 0 Å². The van der Waals surface area contributed by atoms with Crippen LogP contribution in [-0.2, 0) is 0 Å². The largest absolute Gasteiger partial charge is 0.313 e. The summed E-state index contributed by atoms with van der Waals surface area (Å²) in [4.78, 5) is 0.402. The quantitative estimate of drug-likeness (QED) is 0.642. The molecule has 1 aromatic carbocycles. The third kappa shape index (κ3) is 4.77. The van der Waals surface area contributed by atoms with Gasteiger partial charge in [0.05, 0.1) is 0 Å². The zero-order valence-electron chi connectivity index (χ0n) is 11.3. The number of benzene rings is 1. The summed E-state index contributed by atoms with van der Waals surface area (Å²) in [6.45, 7) is 3.14. The lowest BCUT2D eigenvalue weighted by atomic mass is 9.87. The number of halogens is 2. The number of thioether (sulfide) groups is 1. The van der Waals surface area contributed by atoms with Crippen LogP contribution in [-0.4, -0.2) is 18.3 Å². The Balaban J connectivity index is 1.70. The molecule has 2 atom stereocenters. The van der Waals surface area contributed by atoms with E-state index in [1.54, 1.807) is 0 Å². The molecule has 1 aromatic rings. The van der Waals surface area contributed by atoms with E-state index < -0.39 is 0 Å². The summed E-state index contributed by atoms with van der Waals surface area (Å²) < 4.78 is 26.4. The van der Waals surface area contributed by atoms with Gasteiger partial charge in [0, 0.05) is 23.2 Å². The van der Waals surface area contributed by atoms with Crippen molar-refractivity contribution in [2.45, 2.75) is 43.5 Å². The third-order valence-corrected chi connectivity index (χ3v) is 4.65. The molecule has 4 heteroatoms. The van der Waals surface area contributed by atoms with Gasteiger partial charge < -0.3 is 5.32 Å². The fourth-order valence-corrected chi connectivity index (χ4v) is 3.47. The topological polar surface area (TPSA) is 12.0 Å². The van der Waals surface area contributed by atoms with Gasteiger partial charge in [-0.3, -0.25) is 0 Å². The van der Waals surface area contributed by atoms with Crippen molar-refractivity contribution in [2.24, 2.45) is 5.92 Å². The van der Waals surface area contributed by atoms with E-state index >= 15 is 0 Å². The maximum Gasteiger partial charge on any atom is 0.136 e. The molecule has 0 saturated heterocycles. The van der Waals surface area contributed by atoms with E-state index in [9.17, 15) is 8.78 Å². The van der Waals surface area contributed by atoms with E-state index in [0.717, 1.165) is 24.3 Å². The molecule has 2 unspecified atom stereocenters. The van der Waals surface area contributed by atoms with Gasteiger partial charge in [0.1, 0.15) is 11.6 Å². The molecule has 0 heterocycles. The van der Waals surface area contributed by atoms with E-state index in [0.29, 0.717) is 10.9 Å². The molecule has 106 valence electrons. The molecule has 1 fully saturated rings. The summed E-state index contributed by atoms with van der Waals surface area (Å²) in [7, 11) is 0. The summed E-state index contributed by atoms with van der Waals surface area (Å²) in [5, 5.41) is 3.52. The van der Waals surface area contributed by atoms with E-state index in [-0.39, 0.29) is 11.6 Å². The highest BCUT2D eigenvalue weighted by atomic mass is 32.2. The summed E-state index contributed by atoms with van der Waals surface area (Å²) in [5.41, 5.74) is 0. The highest BCUT2D eigenvalue weighted by Crippen LogP contribution is 2.24. The molecule has 0 aromatic heterocycles. The molecule has 0 radical (unpaired) electrons. The average molecular weight is 285 g/mol. The van der Waals surface area contributed by atoms with Crippen molar-refractivity contribution >= 4 is 11.8 Å². The van der Waals surface area contributed by atoms with Crippen LogP contribution < -0.4 is 5.32 Å². The van der Waals surface area contributed by atoms with E-state index in [1.165, 1.54) is 49.6 Å². The minimum Gasteiger partial charge on any atom is -0.313 e. The van der Waals surface area contributed by atoms with Crippen LogP contribution in [0.4, 0.5) is 8.78 Å².